The average molecular weight is 501 g/mol. The van der Waals surface area contributed by atoms with Crippen LogP contribution in [0.5, 0.6) is 0 Å². The summed E-state index contributed by atoms with van der Waals surface area (Å²) < 4.78 is 0. The van der Waals surface area contributed by atoms with Crippen LogP contribution in [0.15, 0.2) is 84.0 Å². The predicted octanol–water partition coefficient (Wildman–Crippen LogP) is 3.88. The third-order valence-corrected chi connectivity index (χ3v) is 6.56. The van der Waals surface area contributed by atoms with Crippen LogP contribution in [0, 0.1) is 0 Å². The minimum absolute atomic E-state index is 0.295. The van der Waals surface area contributed by atoms with Crippen molar-refractivity contribution in [3.63, 3.8) is 0 Å². The monoisotopic (exact) mass is 500 g/mol. The molecular formula is C28H28N4O5. The summed E-state index contributed by atoms with van der Waals surface area (Å²) in [7, 11) is 0. The third-order valence-electron chi connectivity index (χ3n) is 6.56. The van der Waals surface area contributed by atoms with Crippen LogP contribution in [0.2, 0.25) is 0 Å². The van der Waals surface area contributed by atoms with Gasteiger partial charge in [-0.15, -0.1) is 0 Å². The number of carbonyl (C=O) groups excluding carboxylic acids is 2. The number of hydrogen-bond acceptors (Lipinski definition) is 5. The van der Waals surface area contributed by atoms with Gasteiger partial charge in [0, 0.05) is 43.5 Å². The second kappa shape index (κ2) is 10.9. The number of likely N-dealkylation sites (tertiary alicyclic amines) is 1. The zero-order valence-electron chi connectivity index (χ0n) is 20.2. The number of nitrogens with zero attached hydrogens (tertiary/aromatic N) is 2. The minimum atomic E-state index is -0.850. The zero-order valence-corrected chi connectivity index (χ0v) is 20.2. The van der Waals surface area contributed by atoms with Gasteiger partial charge < -0.3 is 26.3 Å². The Morgan fingerprint density at radius 3 is 1.68 bits per heavy atom. The maximum atomic E-state index is 10.9. The molecule has 3 amide bonds. The molecule has 3 aromatic rings. The van der Waals surface area contributed by atoms with Crippen LogP contribution in [0.3, 0.4) is 0 Å². The van der Waals surface area contributed by atoms with E-state index >= 15 is 0 Å². The normalized spacial score (nSPS) is 15.7. The van der Waals surface area contributed by atoms with Crippen molar-refractivity contribution >= 4 is 23.6 Å². The summed E-state index contributed by atoms with van der Waals surface area (Å²) >= 11 is 0. The Balaban J connectivity index is 0.000000173. The Bertz CT molecular complexity index is 1240. The van der Waals surface area contributed by atoms with Crippen molar-refractivity contribution in [1.29, 1.82) is 0 Å². The quantitative estimate of drug-likeness (QED) is 0.497. The fourth-order valence-electron chi connectivity index (χ4n) is 4.33. The second-order valence-electron chi connectivity index (χ2n) is 9.01. The molecule has 190 valence electrons. The highest BCUT2D eigenvalue weighted by Gasteiger charge is 2.43. The SMILES string of the molecule is NC(=O)c1ccc(-c2ccc(C(N)=O)cc2)cc1.O=C(O)N1CCC2(CC1)CC(c1ccccc1)=NO2. The highest BCUT2D eigenvalue weighted by atomic mass is 16.7. The Hall–Kier alpha value is -4.66. The summed E-state index contributed by atoms with van der Waals surface area (Å²) in [6, 6.07) is 23.9. The smallest absolute Gasteiger partial charge is 0.407 e. The van der Waals surface area contributed by atoms with Crippen LogP contribution >= 0.6 is 0 Å². The fourth-order valence-corrected chi connectivity index (χ4v) is 4.33. The molecule has 2 aliphatic heterocycles. The van der Waals surface area contributed by atoms with E-state index in [-0.39, 0.29) is 5.60 Å². The van der Waals surface area contributed by atoms with E-state index in [1.54, 1.807) is 48.5 Å². The standard InChI is InChI=1S/C14H16N2O3.C14H12N2O2/c17-13(18)16-8-6-14(7-9-16)10-12(15-19-14)11-4-2-1-3-5-11;15-13(17)11-5-1-9(2-6-11)10-3-7-12(8-4-10)14(16)18/h1-5H,6-10H2,(H,17,18);1-8H,(H2,15,17)(H2,16,18). The summed E-state index contributed by atoms with van der Waals surface area (Å²) in [6.45, 7) is 1.04. The molecule has 0 radical (unpaired) electrons. The number of hydrogen-bond donors (Lipinski definition) is 3. The minimum Gasteiger partial charge on any atom is -0.465 e. The van der Waals surface area contributed by atoms with Gasteiger partial charge >= 0.3 is 6.09 Å². The lowest BCUT2D eigenvalue weighted by Crippen LogP contribution is -2.46. The van der Waals surface area contributed by atoms with Crippen LogP contribution in [-0.2, 0) is 4.84 Å². The molecule has 9 nitrogen and oxygen atoms in total. The number of benzene rings is 3. The van der Waals surface area contributed by atoms with Gasteiger partial charge in [0.05, 0.1) is 5.71 Å². The van der Waals surface area contributed by atoms with Crippen molar-refractivity contribution in [3.05, 3.63) is 95.6 Å². The Labute approximate surface area is 214 Å². The number of primary amides is 2. The first kappa shape index (κ1) is 25.4. The molecule has 1 saturated heterocycles. The number of nitrogens with two attached hydrogens (primary N) is 2. The van der Waals surface area contributed by atoms with E-state index < -0.39 is 17.9 Å². The Kier molecular flexibility index (Phi) is 7.52. The number of piperidine rings is 1. The molecule has 5 N–H and O–H groups in total. The summed E-state index contributed by atoms with van der Waals surface area (Å²) in [5.74, 6) is -0.906. The molecule has 0 unspecified atom stereocenters. The van der Waals surface area contributed by atoms with Crippen LogP contribution < -0.4 is 11.5 Å². The van der Waals surface area contributed by atoms with Crippen molar-refractivity contribution in [2.24, 2.45) is 16.6 Å². The molecule has 0 aliphatic carbocycles. The lowest BCUT2D eigenvalue weighted by atomic mass is 9.85. The van der Waals surface area contributed by atoms with E-state index in [0.717, 1.165) is 28.8 Å². The van der Waals surface area contributed by atoms with Gasteiger partial charge in [0.1, 0.15) is 5.60 Å². The molecule has 2 aliphatic rings. The summed E-state index contributed by atoms with van der Waals surface area (Å²) in [4.78, 5) is 39.9. The molecule has 0 bridgehead atoms. The van der Waals surface area contributed by atoms with Crippen molar-refractivity contribution in [1.82, 2.24) is 4.90 Å². The largest absolute Gasteiger partial charge is 0.465 e. The van der Waals surface area contributed by atoms with E-state index in [0.29, 0.717) is 37.1 Å². The number of carbonyl (C=O) groups is 3. The van der Waals surface area contributed by atoms with E-state index in [4.69, 9.17) is 21.4 Å². The van der Waals surface area contributed by atoms with Gasteiger partial charge in [0.25, 0.3) is 0 Å². The van der Waals surface area contributed by atoms with Crippen molar-refractivity contribution in [3.8, 4) is 11.1 Å². The highest BCUT2D eigenvalue weighted by Crippen LogP contribution is 2.36. The van der Waals surface area contributed by atoms with Gasteiger partial charge in [-0.2, -0.15) is 0 Å². The molecule has 0 atom stereocenters. The Morgan fingerprint density at radius 1 is 0.757 bits per heavy atom. The lowest BCUT2D eigenvalue weighted by molar-refractivity contribution is -0.0576. The number of rotatable bonds is 4. The molecule has 0 saturated carbocycles. The lowest BCUT2D eigenvalue weighted by Gasteiger charge is -2.35. The van der Waals surface area contributed by atoms with Crippen molar-refractivity contribution < 1.29 is 24.3 Å². The molecule has 0 aromatic heterocycles. The molecule has 1 spiro atoms. The van der Waals surface area contributed by atoms with Gasteiger partial charge in [0.2, 0.25) is 11.8 Å². The summed E-state index contributed by atoms with van der Waals surface area (Å²) in [5.41, 5.74) is 14.9. The van der Waals surface area contributed by atoms with E-state index in [9.17, 15) is 14.4 Å². The van der Waals surface area contributed by atoms with Gasteiger partial charge in [0.15, 0.2) is 0 Å². The van der Waals surface area contributed by atoms with Crippen molar-refractivity contribution in [2.75, 3.05) is 13.1 Å². The second-order valence-corrected chi connectivity index (χ2v) is 9.01. The van der Waals surface area contributed by atoms with E-state index in [1.165, 1.54) is 4.90 Å². The van der Waals surface area contributed by atoms with Crippen LogP contribution in [0.25, 0.3) is 11.1 Å². The first-order valence-electron chi connectivity index (χ1n) is 11.8. The molecule has 5 rings (SSSR count). The number of oxime groups is 1. The van der Waals surface area contributed by atoms with E-state index in [2.05, 4.69) is 5.16 Å². The number of amides is 3. The Morgan fingerprint density at radius 2 is 1.24 bits per heavy atom. The molecule has 37 heavy (non-hydrogen) atoms. The van der Waals surface area contributed by atoms with Crippen molar-refractivity contribution in [2.45, 2.75) is 24.9 Å². The van der Waals surface area contributed by atoms with E-state index in [1.807, 2.05) is 30.3 Å². The molecule has 9 heteroatoms. The highest BCUT2D eigenvalue weighted by molar-refractivity contribution is 6.01. The van der Waals surface area contributed by atoms with Crippen LogP contribution in [-0.4, -0.2) is 52.3 Å². The van der Waals surface area contributed by atoms with Gasteiger partial charge in [-0.1, -0.05) is 59.8 Å². The number of carboxylic acid groups (broad SMARTS) is 1. The molecule has 1 fully saturated rings. The van der Waals surface area contributed by atoms with Crippen LogP contribution in [0.4, 0.5) is 4.79 Å². The maximum absolute atomic E-state index is 10.9. The zero-order chi connectivity index (χ0) is 26.4. The first-order valence-corrected chi connectivity index (χ1v) is 11.8. The molecule has 2 heterocycles. The molecule has 3 aromatic carbocycles. The first-order chi connectivity index (χ1) is 17.8. The predicted molar refractivity (Wildman–Crippen MR) is 139 cm³/mol. The maximum Gasteiger partial charge on any atom is 0.407 e. The van der Waals surface area contributed by atoms with Gasteiger partial charge in [-0.25, -0.2) is 4.79 Å². The fraction of sp³-hybridized carbons (Fsp3) is 0.214. The summed E-state index contributed by atoms with van der Waals surface area (Å²) in [5, 5.41) is 13.2. The molecular weight excluding hydrogens is 472 g/mol. The topological polar surface area (TPSA) is 148 Å². The third kappa shape index (κ3) is 6.13. The van der Waals surface area contributed by atoms with Gasteiger partial charge in [-0.05, 0) is 41.0 Å². The average Bonchev–Trinajstić information content (AvgIpc) is 3.33. The summed E-state index contributed by atoms with van der Waals surface area (Å²) in [6.07, 6.45) is 1.33. The van der Waals surface area contributed by atoms with Gasteiger partial charge in [-0.3, -0.25) is 9.59 Å². The van der Waals surface area contributed by atoms with Crippen LogP contribution in [0.1, 0.15) is 45.5 Å².